The maximum Gasteiger partial charge on any atom is 0.231 e. The predicted octanol–water partition coefficient (Wildman–Crippen LogP) is 1.79. The molecule has 2 aromatic heterocycles. The van der Waals surface area contributed by atoms with Crippen molar-refractivity contribution < 1.29 is 4.52 Å². The number of thiophene rings is 1. The number of nitrogens with zero attached hydrogens (tertiary/aromatic N) is 3. The predicted molar refractivity (Wildman–Crippen MR) is 50.7 cm³/mol. The standard InChI is InChI=1S/C9H7N3OS/c10-3-1-8-11-9(13-12-8)5-7-2-4-14-6-7/h2,4,6H,1,5H2. The number of hydrogen-bond donors (Lipinski definition) is 0. The first-order valence-corrected chi connectivity index (χ1v) is 5.02. The van der Waals surface area contributed by atoms with Crippen LogP contribution in [-0.4, -0.2) is 10.1 Å². The van der Waals surface area contributed by atoms with Crippen LogP contribution in [0.2, 0.25) is 0 Å². The first-order chi connectivity index (χ1) is 6.88. The second-order valence-electron chi connectivity index (χ2n) is 2.75. The van der Waals surface area contributed by atoms with Crippen molar-refractivity contribution in [2.75, 3.05) is 0 Å². The lowest BCUT2D eigenvalue weighted by atomic mass is 10.2. The Hall–Kier alpha value is -1.67. The summed E-state index contributed by atoms with van der Waals surface area (Å²) >= 11 is 1.63. The second kappa shape index (κ2) is 4.03. The molecule has 0 aliphatic heterocycles. The monoisotopic (exact) mass is 205 g/mol. The molecule has 0 radical (unpaired) electrons. The van der Waals surface area contributed by atoms with Crippen molar-refractivity contribution in [2.45, 2.75) is 12.8 Å². The fourth-order valence-electron chi connectivity index (χ4n) is 1.07. The van der Waals surface area contributed by atoms with E-state index in [1.165, 1.54) is 0 Å². The Morgan fingerprint density at radius 1 is 1.57 bits per heavy atom. The van der Waals surface area contributed by atoms with E-state index in [2.05, 4.69) is 10.1 Å². The molecule has 0 fully saturated rings. The topological polar surface area (TPSA) is 62.7 Å². The highest BCUT2D eigenvalue weighted by atomic mass is 32.1. The van der Waals surface area contributed by atoms with E-state index in [-0.39, 0.29) is 6.42 Å². The summed E-state index contributed by atoms with van der Waals surface area (Å²) in [5, 5.41) is 16.1. The van der Waals surface area contributed by atoms with Crippen LogP contribution in [0.1, 0.15) is 17.3 Å². The maximum absolute atomic E-state index is 8.42. The van der Waals surface area contributed by atoms with Crippen molar-refractivity contribution in [3.8, 4) is 6.07 Å². The average Bonchev–Trinajstić information content (AvgIpc) is 2.79. The number of hydrogen-bond acceptors (Lipinski definition) is 5. The van der Waals surface area contributed by atoms with Gasteiger partial charge in [0.2, 0.25) is 5.89 Å². The molecule has 0 saturated carbocycles. The Bertz CT molecular complexity index is 441. The van der Waals surface area contributed by atoms with E-state index >= 15 is 0 Å². The van der Waals surface area contributed by atoms with Gasteiger partial charge in [-0.15, -0.1) is 0 Å². The maximum atomic E-state index is 8.42. The normalized spacial score (nSPS) is 9.93. The first kappa shape index (κ1) is 8.91. The smallest absolute Gasteiger partial charge is 0.231 e. The van der Waals surface area contributed by atoms with Gasteiger partial charge in [-0.05, 0) is 22.4 Å². The van der Waals surface area contributed by atoms with E-state index in [0.717, 1.165) is 5.56 Å². The molecule has 0 aliphatic rings. The quantitative estimate of drug-likeness (QED) is 0.766. The van der Waals surface area contributed by atoms with Crippen LogP contribution in [0, 0.1) is 11.3 Å². The van der Waals surface area contributed by atoms with Gasteiger partial charge in [0.15, 0.2) is 5.82 Å². The van der Waals surface area contributed by atoms with Crippen molar-refractivity contribution >= 4 is 11.3 Å². The number of nitriles is 1. The molecule has 2 rings (SSSR count). The Morgan fingerprint density at radius 3 is 3.21 bits per heavy atom. The van der Waals surface area contributed by atoms with Crippen LogP contribution < -0.4 is 0 Å². The van der Waals surface area contributed by atoms with Gasteiger partial charge < -0.3 is 4.52 Å². The lowest BCUT2D eigenvalue weighted by molar-refractivity contribution is 0.380. The zero-order valence-corrected chi connectivity index (χ0v) is 8.12. The Kier molecular flexibility index (Phi) is 2.56. The van der Waals surface area contributed by atoms with Crippen LogP contribution in [0.5, 0.6) is 0 Å². The lowest BCUT2D eigenvalue weighted by Crippen LogP contribution is -1.87. The molecule has 70 valence electrons. The molecule has 5 heteroatoms. The van der Waals surface area contributed by atoms with Gasteiger partial charge in [-0.25, -0.2) is 0 Å². The van der Waals surface area contributed by atoms with Crippen LogP contribution in [-0.2, 0) is 12.8 Å². The molecule has 0 atom stereocenters. The molecule has 2 aromatic rings. The SMILES string of the molecule is N#CCc1noc(Cc2ccsc2)n1. The van der Waals surface area contributed by atoms with Crippen LogP contribution in [0.3, 0.4) is 0 Å². The van der Waals surface area contributed by atoms with E-state index in [0.29, 0.717) is 18.1 Å². The summed E-state index contributed by atoms with van der Waals surface area (Å²) in [5.41, 5.74) is 1.15. The van der Waals surface area contributed by atoms with Crippen LogP contribution in [0.15, 0.2) is 21.3 Å². The molecule has 0 aliphatic carbocycles. The molecule has 0 N–H and O–H groups in total. The van der Waals surface area contributed by atoms with Gasteiger partial charge in [-0.2, -0.15) is 21.6 Å². The average molecular weight is 205 g/mol. The van der Waals surface area contributed by atoms with E-state index in [1.54, 1.807) is 11.3 Å². The molecule has 0 unspecified atom stereocenters. The van der Waals surface area contributed by atoms with Crippen LogP contribution in [0.25, 0.3) is 0 Å². The fraction of sp³-hybridized carbons (Fsp3) is 0.222. The van der Waals surface area contributed by atoms with Gasteiger partial charge >= 0.3 is 0 Å². The molecule has 4 nitrogen and oxygen atoms in total. The van der Waals surface area contributed by atoms with Crippen molar-refractivity contribution in [1.82, 2.24) is 10.1 Å². The molecule has 0 amide bonds. The molecule has 0 saturated heterocycles. The molecule has 2 heterocycles. The first-order valence-electron chi connectivity index (χ1n) is 4.08. The minimum absolute atomic E-state index is 0.202. The fourth-order valence-corrected chi connectivity index (χ4v) is 1.74. The molecule has 14 heavy (non-hydrogen) atoms. The summed E-state index contributed by atoms with van der Waals surface area (Å²) < 4.78 is 4.98. The van der Waals surface area contributed by atoms with E-state index in [1.807, 2.05) is 22.9 Å². The summed E-state index contributed by atoms with van der Waals surface area (Å²) in [5.74, 6) is 1.02. The Labute approximate surface area is 84.8 Å². The van der Waals surface area contributed by atoms with Gasteiger partial charge in [0.1, 0.15) is 0 Å². The highest BCUT2D eigenvalue weighted by Gasteiger charge is 2.06. The third-order valence-electron chi connectivity index (χ3n) is 1.68. The summed E-state index contributed by atoms with van der Waals surface area (Å²) in [6, 6.07) is 3.99. The summed E-state index contributed by atoms with van der Waals surface area (Å²) in [6.45, 7) is 0. The van der Waals surface area contributed by atoms with Gasteiger partial charge in [-0.1, -0.05) is 5.16 Å². The van der Waals surface area contributed by atoms with Crippen LogP contribution >= 0.6 is 11.3 Å². The summed E-state index contributed by atoms with van der Waals surface area (Å²) in [6.07, 6.45) is 0.842. The minimum atomic E-state index is 0.202. The van der Waals surface area contributed by atoms with Crippen molar-refractivity contribution in [3.05, 3.63) is 34.1 Å². The zero-order chi connectivity index (χ0) is 9.80. The number of aromatic nitrogens is 2. The third-order valence-corrected chi connectivity index (χ3v) is 2.41. The third kappa shape index (κ3) is 1.98. The highest BCUT2D eigenvalue weighted by molar-refractivity contribution is 7.07. The molecular formula is C9H7N3OS. The van der Waals surface area contributed by atoms with Gasteiger partial charge in [0.05, 0.1) is 18.9 Å². The number of rotatable bonds is 3. The van der Waals surface area contributed by atoms with E-state index < -0.39 is 0 Å². The summed E-state index contributed by atoms with van der Waals surface area (Å²) in [4.78, 5) is 4.08. The zero-order valence-electron chi connectivity index (χ0n) is 7.30. The van der Waals surface area contributed by atoms with Gasteiger partial charge in [0.25, 0.3) is 0 Å². The molecule has 0 aromatic carbocycles. The highest BCUT2D eigenvalue weighted by Crippen LogP contribution is 2.11. The van der Waals surface area contributed by atoms with Crippen LogP contribution in [0.4, 0.5) is 0 Å². The van der Waals surface area contributed by atoms with Crippen molar-refractivity contribution in [1.29, 1.82) is 5.26 Å². The molecule has 0 bridgehead atoms. The van der Waals surface area contributed by atoms with E-state index in [9.17, 15) is 0 Å². The van der Waals surface area contributed by atoms with Crippen molar-refractivity contribution in [3.63, 3.8) is 0 Å². The largest absolute Gasteiger partial charge is 0.339 e. The minimum Gasteiger partial charge on any atom is -0.339 e. The van der Waals surface area contributed by atoms with Gasteiger partial charge in [0, 0.05) is 0 Å². The summed E-state index contributed by atoms with van der Waals surface area (Å²) in [7, 11) is 0. The van der Waals surface area contributed by atoms with Gasteiger partial charge in [-0.3, -0.25) is 0 Å². The van der Waals surface area contributed by atoms with Crippen molar-refractivity contribution in [2.24, 2.45) is 0 Å². The molecular weight excluding hydrogens is 198 g/mol. The lowest BCUT2D eigenvalue weighted by Gasteiger charge is -1.87. The van der Waals surface area contributed by atoms with E-state index in [4.69, 9.17) is 9.78 Å². The Balaban J connectivity index is 2.07. The Morgan fingerprint density at radius 2 is 2.50 bits per heavy atom. The molecule has 0 spiro atoms. The second-order valence-corrected chi connectivity index (χ2v) is 3.53.